The SMILES string of the molecule is CC1(O)CC(Nc2nnc(-c3ccc(C#CI)cc3O)c3ccccc23)C1. The van der Waals surface area contributed by atoms with Crippen molar-refractivity contribution in [3.8, 4) is 26.9 Å². The highest BCUT2D eigenvalue weighted by molar-refractivity contribution is 14.1. The van der Waals surface area contributed by atoms with E-state index in [4.69, 9.17) is 0 Å². The molecule has 3 N–H and O–H groups in total. The standard InChI is InChI=1S/C21H18IN3O2/c1-21(27)11-14(12-21)23-20-16-5-3-2-4-15(16)19(24-25-20)17-7-6-13(8-9-22)10-18(17)26/h2-7,10,14,26-27H,11-12H2,1H3,(H,23,25). The lowest BCUT2D eigenvalue weighted by molar-refractivity contribution is -0.0235. The van der Waals surface area contributed by atoms with E-state index in [9.17, 15) is 10.2 Å². The fourth-order valence-corrected chi connectivity index (χ4v) is 3.88. The van der Waals surface area contributed by atoms with E-state index in [1.165, 1.54) is 0 Å². The third-order valence-corrected chi connectivity index (χ3v) is 5.11. The number of rotatable bonds is 3. The third-order valence-electron chi connectivity index (χ3n) is 4.84. The molecule has 1 aliphatic carbocycles. The van der Waals surface area contributed by atoms with Gasteiger partial charge in [0.05, 0.1) is 5.60 Å². The molecule has 0 saturated heterocycles. The Morgan fingerprint density at radius 2 is 1.89 bits per heavy atom. The van der Waals surface area contributed by atoms with Crippen molar-refractivity contribution in [3.63, 3.8) is 0 Å². The van der Waals surface area contributed by atoms with Crippen molar-refractivity contribution in [2.45, 2.75) is 31.4 Å². The number of fused-ring (bicyclic) bond motifs is 1. The zero-order valence-electron chi connectivity index (χ0n) is 14.7. The van der Waals surface area contributed by atoms with E-state index < -0.39 is 5.60 Å². The van der Waals surface area contributed by atoms with Crippen LogP contribution in [0.2, 0.25) is 0 Å². The number of aromatic hydroxyl groups is 1. The van der Waals surface area contributed by atoms with Crippen molar-refractivity contribution in [3.05, 3.63) is 48.0 Å². The fraction of sp³-hybridized carbons (Fsp3) is 0.238. The van der Waals surface area contributed by atoms with Gasteiger partial charge in [0.15, 0.2) is 5.82 Å². The number of phenols is 1. The molecule has 0 bridgehead atoms. The number of hydrogen-bond donors (Lipinski definition) is 3. The van der Waals surface area contributed by atoms with Gasteiger partial charge in [-0.15, -0.1) is 10.2 Å². The molecule has 27 heavy (non-hydrogen) atoms. The van der Waals surface area contributed by atoms with Gasteiger partial charge in [0.25, 0.3) is 0 Å². The minimum atomic E-state index is -0.602. The van der Waals surface area contributed by atoms with Crippen molar-refractivity contribution >= 4 is 39.2 Å². The topological polar surface area (TPSA) is 78.3 Å². The molecule has 1 saturated carbocycles. The first-order valence-corrected chi connectivity index (χ1v) is 9.74. The predicted octanol–water partition coefficient (Wildman–Crippen LogP) is 4.07. The molecule has 1 heterocycles. The van der Waals surface area contributed by atoms with Gasteiger partial charge < -0.3 is 15.5 Å². The van der Waals surface area contributed by atoms with Crippen LogP contribution in [-0.2, 0) is 0 Å². The first kappa shape index (κ1) is 18.0. The number of aliphatic hydroxyl groups is 1. The summed E-state index contributed by atoms with van der Waals surface area (Å²) in [5, 5.41) is 34.4. The molecule has 0 spiro atoms. The van der Waals surface area contributed by atoms with Crippen LogP contribution in [0.5, 0.6) is 5.75 Å². The van der Waals surface area contributed by atoms with Crippen LogP contribution < -0.4 is 5.32 Å². The summed E-state index contributed by atoms with van der Waals surface area (Å²) in [6, 6.07) is 13.4. The molecule has 0 amide bonds. The maximum Gasteiger partial charge on any atom is 0.156 e. The van der Waals surface area contributed by atoms with Crippen molar-refractivity contribution < 1.29 is 10.2 Å². The lowest BCUT2D eigenvalue weighted by Gasteiger charge is -2.41. The first-order valence-electron chi connectivity index (χ1n) is 8.66. The molecule has 4 rings (SSSR count). The van der Waals surface area contributed by atoms with Crippen LogP contribution in [0.25, 0.3) is 22.0 Å². The van der Waals surface area contributed by atoms with E-state index >= 15 is 0 Å². The molecule has 0 unspecified atom stereocenters. The zero-order valence-corrected chi connectivity index (χ0v) is 16.9. The molecular weight excluding hydrogens is 453 g/mol. The van der Waals surface area contributed by atoms with Crippen molar-refractivity contribution in [1.29, 1.82) is 0 Å². The molecular formula is C21H18IN3O2. The van der Waals surface area contributed by atoms with Crippen LogP contribution in [-0.4, -0.2) is 32.1 Å². The summed E-state index contributed by atoms with van der Waals surface area (Å²) in [5.74, 6) is 3.75. The van der Waals surface area contributed by atoms with Crippen LogP contribution in [0.1, 0.15) is 25.3 Å². The maximum atomic E-state index is 10.5. The molecule has 1 aliphatic rings. The lowest BCUT2D eigenvalue weighted by Crippen LogP contribution is -2.48. The second-order valence-electron chi connectivity index (χ2n) is 7.14. The van der Waals surface area contributed by atoms with E-state index in [2.05, 4.69) is 25.4 Å². The number of nitrogens with zero attached hydrogens (tertiary/aromatic N) is 2. The number of halogens is 1. The Labute approximate surface area is 171 Å². The summed E-state index contributed by atoms with van der Waals surface area (Å²) >= 11 is 1.97. The summed E-state index contributed by atoms with van der Waals surface area (Å²) in [6.07, 6.45) is 1.37. The van der Waals surface area contributed by atoms with Crippen LogP contribution >= 0.6 is 22.6 Å². The van der Waals surface area contributed by atoms with Gasteiger partial charge in [0, 0.05) is 50.5 Å². The Balaban J connectivity index is 1.75. The average Bonchev–Trinajstić information content (AvgIpc) is 2.61. The Kier molecular flexibility index (Phi) is 4.66. The van der Waals surface area contributed by atoms with Crippen LogP contribution in [0.4, 0.5) is 5.82 Å². The highest BCUT2D eigenvalue weighted by Crippen LogP contribution is 2.37. The molecule has 0 atom stereocenters. The second kappa shape index (κ2) is 6.98. The Morgan fingerprint density at radius 3 is 2.56 bits per heavy atom. The third kappa shape index (κ3) is 3.57. The molecule has 6 heteroatoms. The summed E-state index contributed by atoms with van der Waals surface area (Å²) in [4.78, 5) is 0. The molecule has 1 fully saturated rings. The van der Waals surface area contributed by atoms with Crippen molar-refractivity contribution in [1.82, 2.24) is 10.2 Å². The van der Waals surface area contributed by atoms with Crippen LogP contribution in [0.3, 0.4) is 0 Å². The van der Waals surface area contributed by atoms with Crippen LogP contribution in [0.15, 0.2) is 42.5 Å². The fourth-order valence-electron chi connectivity index (χ4n) is 3.57. The number of benzene rings is 2. The number of anilines is 1. The van der Waals surface area contributed by atoms with Gasteiger partial charge >= 0.3 is 0 Å². The minimum Gasteiger partial charge on any atom is -0.507 e. The van der Waals surface area contributed by atoms with Gasteiger partial charge in [-0.2, -0.15) is 0 Å². The van der Waals surface area contributed by atoms with Gasteiger partial charge in [0.2, 0.25) is 0 Å². The zero-order chi connectivity index (χ0) is 19.0. The summed E-state index contributed by atoms with van der Waals surface area (Å²) < 4.78 is 2.80. The van der Waals surface area contributed by atoms with Crippen molar-refractivity contribution in [2.75, 3.05) is 5.32 Å². The van der Waals surface area contributed by atoms with Crippen molar-refractivity contribution in [2.24, 2.45) is 0 Å². The number of phenolic OH excluding ortho intramolecular Hbond substituents is 1. The highest BCUT2D eigenvalue weighted by atomic mass is 127. The van der Waals surface area contributed by atoms with E-state index in [1.54, 1.807) is 6.07 Å². The monoisotopic (exact) mass is 471 g/mol. The average molecular weight is 471 g/mol. The highest BCUT2D eigenvalue weighted by Gasteiger charge is 2.38. The summed E-state index contributed by atoms with van der Waals surface area (Å²) in [6.45, 7) is 1.84. The predicted molar refractivity (Wildman–Crippen MR) is 115 cm³/mol. The molecule has 3 aromatic rings. The lowest BCUT2D eigenvalue weighted by atomic mass is 9.77. The normalized spacial score (nSPS) is 21.2. The quantitative estimate of drug-likeness (QED) is 0.397. The Hall–Kier alpha value is -2.37. The molecule has 5 nitrogen and oxygen atoms in total. The van der Waals surface area contributed by atoms with E-state index in [0.29, 0.717) is 29.9 Å². The van der Waals surface area contributed by atoms with Gasteiger partial charge in [-0.1, -0.05) is 30.2 Å². The smallest absolute Gasteiger partial charge is 0.156 e. The molecule has 0 aliphatic heterocycles. The number of nitrogens with one attached hydrogen (secondary N) is 1. The molecule has 0 radical (unpaired) electrons. The summed E-state index contributed by atoms with van der Waals surface area (Å²) in [7, 11) is 0. The van der Waals surface area contributed by atoms with Gasteiger partial charge in [-0.05, 0) is 41.9 Å². The second-order valence-corrected chi connectivity index (χ2v) is 7.68. The summed E-state index contributed by atoms with van der Waals surface area (Å²) in [5.41, 5.74) is 1.40. The molecule has 136 valence electrons. The van der Waals surface area contributed by atoms with Gasteiger partial charge in [0.1, 0.15) is 11.4 Å². The first-order chi connectivity index (χ1) is 13.0. The van der Waals surface area contributed by atoms with Gasteiger partial charge in [-0.3, -0.25) is 0 Å². The van der Waals surface area contributed by atoms with Gasteiger partial charge in [-0.25, -0.2) is 0 Å². The Morgan fingerprint density at radius 1 is 1.15 bits per heavy atom. The van der Waals surface area contributed by atoms with E-state index in [1.807, 2.05) is 65.9 Å². The van der Waals surface area contributed by atoms with E-state index in [0.717, 1.165) is 16.3 Å². The van der Waals surface area contributed by atoms with Crippen LogP contribution in [0, 0.1) is 9.85 Å². The molecule has 1 aromatic heterocycles. The number of aromatic nitrogens is 2. The number of hydrogen-bond acceptors (Lipinski definition) is 5. The van der Waals surface area contributed by atoms with E-state index in [-0.39, 0.29) is 11.8 Å². The Bertz CT molecular complexity index is 1080. The largest absolute Gasteiger partial charge is 0.507 e. The minimum absolute atomic E-state index is 0.127. The molecule has 2 aromatic carbocycles. The maximum absolute atomic E-state index is 10.5.